The Kier molecular flexibility index (Phi) is 6.24. The van der Waals surface area contributed by atoms with Gasteiger partial charge in [-0.15, -0.1) is 0 Å². The normalized spacial score (nSPS) is 14.0. The Balaban J connectivity index is 0.000000647. The molecule has 1 aliphatic heterocycles. The van der Waals surface area contributed by atoms with Crippen LogP contribution < -0.4 is 10.5 Å². The number of rotatable bonds is 5. The number of aliphatic hydroxyl groups is 1. The lowest BCUT2D eigenvalue weighted by Gasteiger charge is -2.27. The van der Waals surface area contributed by atoms with Crippen molar-refractivity contribution in [3.05, 3.63) is 27.7 Å². The summed E-state index contributed by atoms with van der Waals surface area (Å²) in [7, 11) is 0. The maximum atomic E-state index is 11.8. The maximum Gasteiger partial charge on any atom is 0.419 e. The van der Waals surface area contributed by atoms with Gasteiger partial charge in [-0.1, -0.05) is 11.6 Å². The second-order valence-electron chi connectivity index (χ2n) is 5.01. The van der Waals surface area contributed by atoms with Gasteiger partial charge in [0.1, 0.15) is 11.9 Å². The van der Waals surface area contributed by atoms with Gasteiger partial charge in [0, 0.05) is 19.2 Å². The Labute approximate surface area is 142 Å². The second-order valence-corrected chi connectivity index (χ2v) is 5.41. The van der Waals surface area contributed by atoms with E-state index in [2.05, 4.69) is 0 Å². The molecule has 3 rings (SSSR count). The molecule has 1 aromatic heterocycles. The van der Waals surface area contributed by atoms with Gasteiger partial charge in [-0.25, -0.2) is 4.79 Å². The van der Waals surface area contributed by atoms with Crippen molar-refractivity contribution in [2.45, 2.75) is 26.0 Å². The van der Waals surface area contributed by atoms with Crippen LogP contribution in [0.15, 0.2) is 21.3 Å². The predicted molar refractivity (Wildman–Crippen MR) is 85.7 cm³/mol. The first kappa shape index (κ1) is 18.3. The lowest BCUT2D eigenvalue weighted by Crippen LogP contribution is -2.38. The molecule has 0 radical (unpaired) electrons. The molecule has 24 heavy (non-hydrogen) atoms. The minimum atomic E-state index is -0.993. The summed E-state index contributed by atoms with van der Waals surface area (Å²) in [6, 6.07) is 3.08. The Morgan fingerprint density at radius 1 is 1.46 bits per heavy atom. The van der Waals surface area contributed by atoms with Crippen molar-refractivity contribution >= 4 is 28.7 Å². The van der Waals surface area contributed by atoms with E-state index in [0.29, 0.717) is 35.1 Å². The average Bonchev–Trinajstić information content (AvgIpc) is 2.76. The standard InChI is InChI=1S/C13H12ClNO6.C2H6O/c14-8-3-9-11(4-10(8)20-7-5-19-6-7)21-13(18)15(9)2-1-12(16)17;1-2-3/h3-4,7H,1-2,5-6H2,(H,16,17);3H,2H2,1H3. The SMILES string of the molecule is CCO.O=C(O)CCn1c(=O)oc2cc(OC3COC3)c(Cl)cc21. The highest BCUT2D eigenvalue weighted by atomic mass is 35.5. The number of hydrogen-bond donors (Lipinski definition) is 2. The molecule has 0 atom stereocenters. The number of benzene rings is 1. The van der Waals surface area contributed by atoms with E-state index in [1.54, 1.807) is 13.0 Å². The molecule has 1 aromatic carbocycles. The number of aliphatic carboxylic acids is 1. The minimum absolute atomic E-state index is 0.0220. The van der Waals surface area contributed by atoms with E-state index in [0.717, 1.165) is 0 Å². The first-order valence-electron chi connectivity index (χ1n) is 7.36. The molecule has 1 aliphatic rings. The fraction of sp³-hybridized carbons (Fsp3) is 0.467. The largest absolute Gasteiger partial charge is 0.484 e. The monoisotopic (exact) mass is 359 g/mol. The van der Waals surface area contributed by atoms with E-state index < -0.39 is 11.7 Å². The van der Waals surface area contributed by atoms with E-state index in [1.165, 1.54) is 10.6 Å². The molecule has 2 N–H and O–H groups in total. The number of carbonyl (C=O) groups is 1. The van der Waals surface area contributed by atoms with Gasteiger partial charge in [-0.05, 0) is 13.0 Å². The molecule has 0 aliphatic carbocycles. The molecular formula is C15H18ClNO7. The van der Waals surface area contributed by atoms with E-state index in [1.807, 2.05) is 0 Å². The average molecular weight is 360 g/mol. The third kappa shape index (κ3) is 4.28. The number of oxazole rings is 1. The first-order valence-corrected chi connectivity index (χ1v) is 7.74. The van der Waals surface area contributed by atoms with Crippen LogP contribution >= 0.6 is 11.6 Å². The fourth-order valence-corrected chi connectivity index (χ4v) is 2.24. The zero-order valence-corrected chi connectivity index (χ0v) is 13.8. The zero-order valence-electron chi connectivity index (χ0n) is 13.0. The van der Waals surface area contributed by atoms with Crippen molar-refractivity contribution in [1.29, 1.82) is 0 Å². The summed E-state index contributed by atoms with van der Waals surface area (Å²) in [5.74, 6) is -1.20. The molecule has 0 spiro atoms. The van der Waals surface area contributed by atoms with Crippen LogP contribution in [0.25, 0.3) is 11.1 Å². The summed E-state index contributed by atoms with van der Waals surface area (Å²) >= 11 is 6.13. The molecule has 132 valence electrons. The Bertz CT molecular complexity index is 763. The number of fused-ring (bicyclic) bond motifs is 1. The van der Waals surface area contributed by atoms with Gasteiger partial charge < -0.3 is 24.1 Å². The lowest BCUT2D eigenvalue weighted by molar-refractivity contribution is -0.137. The van der Waals surface area contributed by atoms with Crippen LogP contribution in [0.1, 0.15) is 13.3 Å². The molecule has 1 saturated heterocycles. The smallest absolute Gasteiger partial charge is 0.419 e. The molecule has 2 heterocycles. The Morgan fingerprint density at radius 3 is 2.67 bits per heavy atom. The number of aromatic nitrogens is 1. The maximum absolute atomic E-state index is 11.8. The highest BCUT2D eigenvalue weighted by molar-refractivity contribution is 6.32. The van der Waals surface area contributed by atoms with Crippen LogP contribution in [0.2, 0.25) is 5.02 Å². The number of aryl methyl sites for hydroxylation is 1. The molecule has 0 saturated carbocycles. The van der Waals surface area contributed by atoms with Crippen molar-refractivity contribution < 1.29 is 28.9 Å². The van der Waals surface area contributed by atoms with Crippen molar-refractivity contribution in [2.24, 2.45) is 0 Å². The topological polar surface area (TPSA) is 111 Å². The van der Waals surface area contributed by atoms with E-state index in [4.69, 9.17) is 35.7 Å². The second kappa shape index (κ2) is 8.18. The van der Waals surface area contributed by atoms with E-state index >= 15 is 0 Å². The molecule has 0 amide bonds. The Hall–Kier alpha value is -2.03. The number of carboxylic acid groups (broad SMARTS) is 1. The summed E-state index contributed by atoms with van der Waals surface area (Å²) in [5.41, 5.74) is 0.758. The van der Waals surface area contributed by atoms with Crippen LogP contribution in [0.4, 0.5) is 0 Å². The van der Waals surface area contributed by atoms with Gasteiger partial charge in [-0.3, -0.25) is 9.36 Å². The molecule has 8 nitrogen and oxygen atoms in total. The molecule has 0 bridgehead atoms. The van der Waals surface area contributed by atoms with Crippen molar-refractivity contribution in [2.75, 3.05) is 19.8 Å². The van der Waals surface area contributed by atoms with E-state index in [9.17, 15) is 9.59 Å². The van der Waals surface area contributed by atoms with Gasteiger partial charge in [0.25, 0.3) is 0 Å². The van der Waals surface area contributed by atoms with Gasteiger partial charge in [0.2, 0.25) is 0 Å². The van der Waals surface area contributed by atoms with Crippen molar-refractivity contribution in [3.63, 3.8) is 0 Å². The van der Waals surface area contributed by atoms with Crippen LogP contribution in [-0.4, -0.2) is 46.7 Å². The van der Waals surface area contributed by atoms with E-state index in [-0.39, 0.29) is 25.7 Å². The number of ether oxygens (including phenoxy) is 2. The van der Waals surface area contributed by atoms with Crippen molar-refractivity contribution in [1.82, 2.24) is 4.57 Å². The molecule has 0 unspecified atom stereocenters. The predicted octanol–water partition coefficient (Wildman–Crippen LogP) is 1.50. The molecule has 2 aromatic rings. The quantitative estimate of drug-likeness (QED) is 0.832. The number of carboxylic acids is 1. The van der Waals surface area contributed by atoms with Gasteiger partial charge >= 0.3 is 11.7 Å². The minimum Gasteiger partial charge on any atom is -0.484 e. The summed E-state index contributed by atoms with van der Waals surface area (Å²) < 4.78 is 17.0. The zero-order chi connectivity index (χ0) is 17.7. The van der Waals surface area contributed by atoms with Gasteiger partial charge in [-0.2, -0.15) is 0 Å². The van der Waals surface area contributed by atoms with Crippen LogP contribution in [0.5, 0.6) is 5.75 Å². The summed E-state index contributed by atoms with van der Waals surface area (Å²) in [4.78, 5) is 22.4. The Morgan fingerprint density at radius 2 is 2.12 bits per heavy atom. The fourth-order valence-electron chi connectivity index (χ4n) is 2.04. The van der Waals surface area contributed by atoms with Crippen molar-refractivity contribution in [3.8, 4) is 5.75 Å². The summed E-state index contributed by atoms with van der Waals surface area (Å²) in [5, 5.41) is 16.6. The summed E-state index contributed by atoms with van der Waals surface area (Å²) in [6.07, 6.45) is -0.232. The number of halogens is 1. The van der Waals surface area contributed by atoms with Gasteiger partial charge in [0.05, 0.1) is 30.2 Å². The number of hydrogen-bond acceptors (Lipinski definition) is 6. The molecular weight excluding hydrogens is 342 g/mol. The lowest BCUT2D eigenvalue weighted by atomic mass is 10.2. The molecule has 1 fully saturated rings. The van der Waals surface area contributed by atoms with Gasteiger partial charge in [0.15, 0.2) is 5.58 Å². The highest BCUT2D eigenvalue weighted by Crippen LogP contribution is 2.31. The third-order valence-electron chi connectivity index (χ3n) is 3.17. The highest BCUT2D eigenvalue weighted by Gasteiger charge is 2.22. The molecule has 9 heteroatoms. The van der Waals surface area contributed by atoms with Crippen LogP contribution in [-0.2, 0) is 16.1 Å². The summed E-state index contributed by atoms with van der Waals surface area (Å²) in [6.45, 7) is 2.95. The van der Waals surface area contributed by atoms with Crippen LogP contribution in [0.3, 0.4) is 0 Å². The number of aliphatic hydroxyl groups excluding tert-OH is 1. The van der Waals surface area contributed by atoms with Crippen LogP contribution in [0, 0.1) is 0 Å². The first-order chi connectivity index (χ1) is 11.5. The third-order valence-corrected chi connectivity index (χ3v) is 3.47. The number of nitrogens with zero attached hydrogens (tertiary/aromatic N) is 1.